The molecule has 0 unspecified atom stereocenters. The number of methoxy groups -OCH3 is 1. The van der Waals surface area contributed by atoms with E-state index in [-0.39, 0.29) is 23.6 Å². The number of rotatable bonds is 10. The molecule has 1 saturated heterocycles. The van der Waals surface area contributed by atoms with Gasteiger partial charge in [0.15, 0.2) is 0 Å². The van der Waals surface area contributed by atoms with Crippen molar-refractivity contribution in [2.45, 2.75) is 39.0 Å². The van der Waals surface area contributed by atoms with Crippen LogP contribution in [0.15, 0.2) is 89.4 Å². The molecule has 0 aromatic heterocycles. The molecule has 1 heterocycles. The van der Waals surface area contributed by atoms with Crippen LogP contribution in [0.4, 0.5) is 17.1 Å². The Labute approximate surface area is 261 Å². The molecule has 1 fully saturated rings. The van der Waals surface area contributed by atoms with Crippen molar-refractivity contribution >= 4 is 44.9 Å². The van der Waals surface area contributed by atoms with Crippen molar-refractivity contribution in [3.05, 3.63) is 117 Å². The number of piperidine rings is 1. The molecule has 1 aliphatic rings. The maximum atomic E-state index is 13.7. The Hall–Kier alpha value is -4.30. The zero-order valence-corrected chi connectivity index (χ0v) is 26.1. The molecule has 0 atom stereocenters. The normalized spacial score (nSPS) is 13.0. The van der Waals surface area contributed by atoms with Gasteiger partial charge in [-0.25, -0.2) is 4.79 Å². The molecule has 1 amide bonds. The number of carboxylic acids is 1. The predicted molar refractivity (Wildman–Crippen MR) is 175 cm³/mol. The summed E-state index contributed by atoms with van der Waals surface area (Å²) >= 11 is 3.45. The maximum absolute atomic E-state index is 13.7. The van der Waals surface area contributed by atoms with Gasteiger partial charge in [0.2, 0.25) is 5.91 Å². The molecule has 1 aliphatic heterocycles. The van der Waals surface area contributed by atoms with Crippen LogP contribution in [0, 0.1) is 6.92 Å². The van der Waals surface area contributed by atoms with Gasteiger partial charge >= 0.3 is 5.97 Å². The molecule has 4 aromatic rings. The number of benzene rings is 4. The van der Waals surface area contributed by atoms with Gasteiger partial charge in [0, 0.05) is 17.6 Å². The molecule has 0 aliphatic carbocycles. The fourth-order valence-electron chi connectivity index (χ4n) is 5.57. The van der Waals surface area contributed by atoms with Crippen LogP contribution in [-0.2, 0) is 17.6 Å². The van der Waals surface area contributed by atoms with Crippen LogP contribution < -0.4 is 20.1 Å². The van der Waals surface area contributed by atoms with Gasteiger partial charge in [-0.1, -0.05) is 70.5 Å². The Balaban J connectivity index is 1.49. The van der Waals surface area contributed by atoms with E-state index in [9.17, 15) is 14.7 Å². The first kappa shape index (κ1) is 30.2. The number of amides is 1. The summed E-state index contributed by atoms with van der Waals surface area (Å²) in [6, 6.07) is 28.0. The minimum absolute atomic E-state index is 0.0182. The summed E-state index contributed by atoms with van der Waals surface area (Å²) in [5.41, 5.74) is 10.2. The molecule has 222 valence electrons. The van der Waals surface area contributed by atoms with E-state index in [1.54, 1.807) is 6.07 Å². The number of carboxylic acid groups (broad SMARTS) is 1. The van der Waals surface area contributed by atoms with Gasteiger partial charge in [0.1, 0.15) is 11.3 Å². The number of carbonyl (C=O) groups is 2. The van der Waals surface area contributed by atoms with Crippen LogP contribution >= 0.6 is 15.9 Å². The molecule has 7 nitrogen and oxygen atoms in total. The van der Waals surface area contributed by atoms with Crippen LogP contribution in [0.25, 0.3) is 0 Å². The minimum Gasteiger partial charge on any atom is -0.496 e. The molecule has 2 N–H and O–H groups in total. The molecular formula is C35H36BrN3O4. The van der Waals surface area contributed by atoms with Crippen molar-refractivity contribution in [2.75, 3.05) is 30.1 Å². The lowest BCUT2D eigenvalue weighted by Gasteiger charge is -2.35. The zero-order valence-electron chi connectivity index (χ0n) is 24.5. The van der Waals surface area contributed by atoms with Gasteiger partial charge in [-0.2, -0.15) is 0 Å². The number of halogens is 1. The number of hydrogen-bond donors (Lipinski definition) is 2. The van der Waals surface area contributed by atoms with Crippen LogP contribution in [0.1, 0.15) is 51.9 Å². The highest BCUT2D eigenvalue weighted by molar-refractivity contribution is 9.10. The monoisotopic (exact) mass is 641 g/mol. The average Bonchev–Trinajstić information content (AvgIpc) is 3.02. The second-order valence-electron chi connectivity index (χ2n) is 10.8. The molecule has 0 spiro atoms. The van der Waals surface area contributed by atoms with Crippen molar-refractivity contribution in [3.8, 4) is 5.75 Å². The number of hydrazine groups is 1. The highest BCUT2D eigenvalue weighted by Gasteiger charge is 2.24. The Morgan fingerprint density at radius 3 is 2.30 bits per heavy atom. The van der Waals surface area contributed by atoms with Gasteiger partial charge in [-0.05, 0) is 85.2 Å². The number of aryl methyl sites for hydroxylation is 1. The van der Waals surface area contributed by atoms with Gasteiger partial charge in [-0.15, -0.1) is 0 Å². The van der Waals surface area contributed by atoms with Crippen molar-refractivity contribution in [1.29, 1.82) is 0 Å². The third kappa shape index (κ3) is 7.20. The lowest BCUT2D eigenvalue weighted by molar-refractivity contribution is -0.120. The third-order valence-electron chi connectivity index (χ3n) is 7.77. The number of hydrogen-bond acceptors (Lipinski definition) is 5. The fraction of sp³-hybridized carbons (Fsp3) is 0.257. The predicted octanol–water partition coefficient (Wildman–Crippen LogP) is 7.46. The second-order valence-corrected chi connectivity index (χ2v) is 11.7. The van der Waals surface area contributed by atoms with Crippen molar-refractivity contribution in [3.63, 3.8) is 0 Å². The molecule has 0 radical (unpaired) electrons. The van der Waals surface area contributed by atoms with E-state index < -0.39 is 5.97 Å². The first-order valence-electron chi connectivity index (χ1n) is 14.5. The Morgan fingerprint density at radius 2 is 1.63 bits per heavy atom. The van der Waals surface area contributed by atoms with E-state index in [1.807, 2.05) is 35.3 Å². The van der Waals surface area contributed by atoms with E-state index in [1.165, 1.54) is 30.7 Å². The van der Waals surface area contributed by atoms with E-state index in [0.29, 0.717) is 10.0 Å². The number of anilines is 3. The zero-order chi connectivity index (χ0) is 30.3. The molecule has 0 bridgehead atoms. The number of para-hydroxylation sites is 1. The number of ether oxygens (including phenoxy) is 1. The molecule has 43 heavy (non-hydrogen) atoms. The van der Waals surface area contributed by atoms with E-state index in [4.69, 9.17) is 4.74 Å². The van der Waals surface area contributed by atoms with Gasteiger partial charge < -0.3 is 14.7 Å². The van der Waals surface area contributed by atoms with Crippen LogP contribution in [0.5, 0.6) is 5.75 Å². The second kappa shape index (κ2) is 13.8. The Bertz CT molecular complexity index is 1590. The molecule has 8 heteroatoms. The van der Waals surface area contributed by atoms with Crippen molar-refractivity contribution in [1.82, 2.24) is 5.43 Å². The largest absolute Gasteiger partial charge is 0.496 e. The SMILES string of the molecule is COc1cc(CC(=O)NN(c2ccc(Cc3ccccc3)cc2)c2c(C)cccc2N2CCCCC2)c(Br)cc1C(=O)O. The Kier molecular flexibility index (Phi) is 9.67. The maximum Gasteiger partial charge on any atom is 0.339 e. The van der Waals surface area contributed by atoms with Gasteiger partial charge in [0.05, 0.1) is 30.6 Å². The standard InChI is InChI=1S/C35H36BrN3O4/c1-24-10-9-13-31(38-18-7-4-8-19-38)34(24)39(28-16-14-26(15-17-28)20-25-11-5-3-6-12-25)37-33(40)22-27-21-32(43-2)29(35(41)42)23-30(27)36/h3,5-6,9-17,21,23H,4,7-8,18-20,22H2,1-2H3,(H,37,40)(H,41,42). The van der Waals surface area contributed by atoms with E-state index in [2.05, 4.69) is 75.6 Å². The summed E-state index contributed by atoms with van der Waals surface area (Å²) < 4.78 is 5.84. The molecule has 5 rings (SSSR count). The topological polar surface area (TPSA) is 82.1 Å². The number of aromatic carboxylic acids is 1. The van der Waals surface area contributed by atoms with Gasteiger partial charge in [0.25, 0.3) is 0 Å². The first-order valence-corrected chi connectivity index (χ1v) is 15.3. The summed E-state index contributed by atoms with van der Waals surface area (Å²) in [5.74, 6) is -1.14. The summed E-state index contributed by atoms with van der Waals surface area (Å²) in [4.78, 5) is 27.8. The fourth-order valence-corrected chi connectivity index (χ4v) is 6.06. The van der Waals surface area contributed by atoms with E-state index >= 15 is 0 Å². The highest BCUT2D eigenvalue weighted by atomic mass is 79.9. The van der Waals surface area contributed by atoms with Crippen LogP contribution in [-0.4, -0.2) is 37.2 Å². The van der Waals surface area contributed by atoms with Crippen LogP contribution in [0.3, 0.4) is 0 Å². The van der Waals surface area contributed by atoms with Crippen LogP contribution in [0.2, 0.25) is 0 Å². The lowest BCUT2D eigenvalue weighted by Crippen LogP contribution is -2.41. The van der Waals surface area contributed by atoms with Gasteiger partial charge in [-0.3, -0.25) is 15.2 Å². The number of nitrogens with one attached hydrogen (secondary N) is 1. The van der Waals surface area contributed by atoms with E-state index in [0.717, 1.165) is 55.0 Å². The smallest absolute Gasteiger partial charge is 0.339 e. The molecule has 0 saturated carbocycles. The van der Waals surface area contributed by atoms with Crippen molar-refractivity contribution in [2.24, 2.45) is 0 Å². The average molecular weight is 643 g/mol. The highest BCUT2D eigenvalue weighted by Crippen LogP contribution is 2.38. The van der Waals surface area contributed by atoms with Crippen molar-refractivity contribution < 1.29 is 19.4 Å². The summed E-state index contributed by atoms with van der Waals surface area (Å²) in [6.45, 7) is 4.01. The quantitative estimate of drug-likeness (QED) is 0.175. The Morgan fingerprint density at radius 1 is 0.930 bits per heavy atom. The first-order chi connectivity index (χ1) is 20.8. The molecular weight excluding hydrogens is 606 g/mol. The summed E-state index contributed by atoms with van der Waals surface area (Å²) in [5, 5.41) is 11.4. The number of nitrogens with zero attached hydrogens (tertiary/aromatic N) is 2. The lowest BCUT2D eigenvalue weighted by atomic mass is 10.0. The molecule has 4 aromatic carbocycles. The minimum atomic E-state index is -1.10. The third-order valence-corrected chi connectivity index (χ3v) is 8.51. The summed E-state index contributed by atoms with van der Waals surface area (Å²) in [7, 11) is 1.42. The number of carbonyl (C=O) groups excluding carboxylic acids is 1. The summed E-state index contributed by atoms with van der Waals surface area (Å²) in [6.07, 6.45) is 4.33.